The lowest BCUT2D eigenvalue weighted by molar-refractivity contribution is 0.0524. The van der Waals surface area contributed by atoms with Gasteiger partial charge in [-0.05, 0) is 31.0 Å². The molecule has 1 aromatic carbocycles. The molecule has 0 atom stereocenters. The quantitative estimate of drug-likeness (QED) is 0.855. The number of rotatable bonds is 2. The highest BCUT2D eigenvalue weighted by Crippen LogP contribution is 2.33. The smallest absolute Gasteiger partial charge is 0.343 e. The van der Waals surface area contributed by atoms with Crippen LogP contribution < -0.4 is 5.43 Å². The topological polar surface area (TPSA) is 59.2 Å². The van der Waals surface area contributed by atoms with Gasteiger partial charge >= 0.3 is 5.97 Å². The van der Waals surface area contributed by atoms with E-state index in [4.69, 9.17) is 4.74 Å². The third kappa shape index (κ3) is 2.04. The summed E-state index contributed by atoms with van der Waals surface area (Å²) in [4.78, 5) is 28.2. The van der Waals surface area contributed by atoms with Gasteiger partial charge in [-0.15, -0.1) is 11.8 Å². The highest BCUT2D eigenvalue weighted by atomic mass is 32.2. The summed E-state index contributed by atoms with van der Waals surface area (Å²) in [5.41, 5.74) is 1.77. The number of fused-ring (bicyclic) bond motifs is 2. The van der Waals surface area contributed by atoms with Gasteiger partial charge in [0.05, 0.1) is 12.1 Å². The summed E-state index contributed by atoms with van der Waals surface area (Å²) in [5, 5.41) is 0.562. The molecule has 3 rings (SSSR count). The second-order valence-corrected chi connectivity index (χ2v) is 5.49. The van der Waals surface area contributed by atoms with E-state index < -0.39 is 5.97 Å². The van der Waals surface area contributed by atoms with Gasteiger partial charge in [-0.1, -0.05) is 0 Å². The molecule has 0 fully saturated rings. The molecule has 0 unspecified atom stereocenters. The summed E-state index contributed by atoms with van der Waals surface area (Å²) in [6, 6.07) is 3.88. The number of carbonyl (C=O) groups is 1. The fraction of sp³-hybridized carbons (Fsp3) is 0.286. The molecule has 2 heterocycles. The summed E-state index contributed by atoms with van der Waals surface area (Å²) in [6.45, 7) is 1.98. The van der Waals surface area contributed by atoms with E-state index in [1.165, 1.54) is 16.7 Å². The number of pyridine rings is 1. The van der Waals surface area contributed by atoms with Gasteiger partial charge in [-0.2, -0.15) is 0 Å². The fourth-order valence-electron chi connectivity index (χ4n) is 2.25. The number of carbonyl (C=O) groups excluding carboxylic acids is 1. The van der Waals surface area contributed by atoms with Gasteiger partial charge in [0.2, 0.25) is 5.43 Å². The van der Waals surface area contributed by atoms with Gasteiger partial charge in [-0.3, -0.25) is 4.79 Å². The summed E-state index contributed by atoms with van der Waals surface area (Å²) in [5.74, 6) is 0.477. The number of aromatic nitrogens is 1. The van der Waals surface area contributed by atoms with Crippen LogP contribution in [0.1, 0.15) is 22.8 Å². The summed E-state index contributed by atoms with van der Waals surface area (Å²) < 4.78 is 4.89. The van der Waals surface area contributed by atoms with Crippen molar-refractivity contribution >= 4 is 28.6 Å². The predicted octanol–water partition coefficient (Wildman–Crippen LogP) is 2.35. The first kappa shape index (κ1) is 12.3. The number of aryl methyl sites for hydroxylation is 1. The zero-order chi connectivity index (χ0) is 13.4. The van der Waals surface area contributed by atoms with Crippen LogP contribution in [0.3, 0.4) is 0 Å². The lowest BCUT2D eigenvalue weighted by atomic mass is 10.1. The van der Waals surface area contributed by atoms with Gasteiger partial charge in [0, 0.05) is 22.2 Å². The monoisotopic (exact) mass is 275 g/mol. The second-order valence-electron chi connectivity index (χ2n) is 4.36. The minimum absolute atomic E-state index is 0.0694. The molecular weight excluding hydrogens is 262 g/mol. The Balaban J connectivity index is 2.19. The molecule has 0 amide bonds. The van der Waals surface area contributed by atoms with E-state index in [-0.39, 0.29) is 17.6 Å². The lowest BCUT2D eigenvalue weighted by Crippen LogP contribution is -2.18. The zero-order valence-electron chi connectivity index (χ0n) is 10.5. The SMILES string of the molecule is CCOC(=O)c1c[nH]c2cc3c(cc2c1=O)CCS3. The Morgan fingerprint density at radius 1 is 1.47 bits per heavy atom. The van der Waals surface area contributed by atoms with Crippen LogP contribution in [0.5, 0.6) is 0 Å². The van der Waals surface area contributed by atoms with Gasteiger partial charge in [0.1, 0.15) is 5.56 Å². The van der Waals surface area contributed by atoms with Crippen molar-refractivity contribution in [2.45, 2.75) is 18.2 Å². The first-order valence-corrected chi connectivity index (χ1v) is 7.17. The number of hydrogen-bond acceptors (Lipinski definition) is 4. The molecule has 5 heteroatoms. The molecule has 1 N–H and O–H groups in total. The number of esters is 1. The molecule has 0 bridgehead atoms. The average molecular weight is 275 g/mol. The van der Waals surface area contributed by atoms with Crippen molar-refractivity contribution in [1.82, 2.24) is 4.98 Å². The molecule has 2 aromatic rings. The van der Waals surface area contributed by atoms with Crippen molar-refractivity contribution in [2.75, 3.05) is 12.4 Å². The van der Waals surface area contributed by atoms with Gasteiger partial charge < -0.3 is 9.72 Å². The maximum Gasteiger partial charge on any atom is 0.343 e. The van der Waals surface area contributed by atoms with Gasteiger partial charge in [-0.25, -0.2) is 4.79 Å². The Bertz CT molecular complexity index is 720. The molecule has 0 saturated heterocycles. The number of H-pyrrole nitrogens is 1. The predicted molar refractivity (Wildman–Crippen MR) is 75.0 cm³/mol. The highest BCUT2D eigenvalue weighted by Gasteiger charge is 2.17. The first-order valence-electron chi connectivity index (χ1n) is 6.19. The number of hydrogen-bond donors (Lipinski definition) is 1. The van der Waals surface area contributed by atoms with Crippen LogP contribution in [0, 0.1) is 0 Å². The van der Waals surface area contributed by atoms with Crippen LogP contribution >= 0.6 is 11.8 Å². The third-order valence-electron chi connectivity index (χ3n) is 3.19. The lowest BCUT2D eigenvalue weighted by Gasteiger charge is -2.05. The number of aromatic amines is 1. The minimum Gasteiger partial charge on any atom is -0.462 e. The normalized spacial score (nSPS) is 13.5. The highest BCUT2D eigenvalue weighted by molar-refractivity contribution is 7.99. The third-order valence-corrected chi connectivity index (χ3v) is 4.29. The van der Waals surface area contributed by atoms with Crippen LogP contribution in [-0.4, -0.2) is 23.3 Å². The van der Waals surface area contributed by atoms with Crippen molar-refractivity contribution in [2.24, 2.45) is 0 Å². The van der Waals surface area contributed by atoms with Crippen LogP contribution in [-0.2, 0) is 11.2 Å². The van der Waals surface area contributed by atoms with E-state index in [9.17, 15) is 9.59 Å². The molecule has 1 aliphatic rings. The molecule has 0 saturated carbocycles. The largest absolute Gasteiger partial charge is 0.462 e. The summed E-state index contributed by atoms with van der Waals surface area (Å²) >= 11 is 1.79. The van der Waals surface area contributed by atoms with Crippen molar-refractivity contribution < 1.29 is 9.53 Å². The summed E-state index contributed by atoms with van der Waals surface area (Å²) in [7, 11) is 0. The summed E-state index contributed by atoms with van der Waals surface area (Å²) in [6.07, 6.45) is 2.41. The van der Waals surface area contributed by atoms with Crippen LogP contribution in [0.4, 0.5) is 0 Å². The Morgan fingerprint density at radius 3 is 3.11 bits per heavy atom. The molecule has 98 valence electrons. The van der Waals surface area contributed by atoms with E-state index in [0.29, 0.717) is 5.39 Å². The molecule has 1 aromatic heterocycles. The fourth-order valence-corrected chi connectivity index (χ4v) is 3.34. The zero-order valence-corrected chi connectivity index (χ0v) is 11.3. The van der Waals surface area contributed by atoms with E-state index in [1.54, 1.807) is 18.7 Å². The Kier molecular flexibility index (Phi) is 3.06. The van der Waals surface area contributed by atoms with Crippen LogP contribution in [0.15, 0.2) is 28.0 Å². The average Bonchev–Trinajstić information content (AvgIpc) is 2.84. The molecule has 19 heavy (non-hydrogen) atoms. The maximum atomic E-state index is 12.3. The first-order chi connectivity index (χ1) is 9.20. The molecule has 0 aliphatic carbocycles. The maximum absolute atomic E-state index is 12.3. The van der Waals surface area contributed by atoms with E-state index in [1.807, 2.05) is 12.1 Å². The molecule has 0 radical (unpaired) electrons. The number of thioether (sulfide) groups is 1. The van der Waals surface area contributed by atoms with Gasteiger partial charge in [0.15, 0.2) is 0 Å². The Labute approximate surface area is 114 Å². The van der Waals surface area contributed by atoms with Crippen molar-refractivity contribution in [3.05, 3.63) is 39.7 Å². The standard InChI is InChI=1S/C14H13NO3S/c1-2-18-14(17)10-7-15-11-6-12-8(3-4-19-12)5-9(11)13(10)16/h5-7H,2-4H2,1H3,(H,15,16). The van der Waals surface area contributed by atoms with Crippen molar-refractivity contribution in [3.8, 4) is 0 Å². The Morgan fingerprint density at radius 2 is 2.32 bits per heavy atom. The van der Waals surface area contributed by atoms with E-state index >= 15 is 0 Å². The van der Waals surface area contributed by atoms with E-state index in [2.05, 4.69) is 4.98 Å². The molecule has 0 spiro atoms. The Hall–Kier alpha value is -1.75. The van der Waals surface area contributed by atoms with Gasteiger partial charge in [0.25, 0.3) is 0 Å². The van der Waals surface area contributed by atoms with Crippen molar-refractivity contribution in [3.63, 3.8) is 0 Å². The molecular formula is C14H13NO3S. The number of ether oxygens (including phenoxy) is 1. The number of nitrogens with one attached hydrogen (secondary N) is 1. The van der Waals surface area contributed by atoms with Crippen LogP contribution in [0.25, 0.3) is 10.9 Å². The molecule has 1 aliphatic heterocycles. The number of benzene rings is 1. The van der Waals surface area contributed by atoms with Crippen LogP contribution in [0.2, 0.25) is 0 Å². The minimum atomic E-state index is -0.569. The second kappa shape index (κ2) is 4.74. The van der Waals surface area contributed by atoms with Crippen molar-refractivity contribution in [1.29, 1.82) is 0 Å². The van der Waals surface area contributed by atoms with E-state index in [0.717, 1.165) is 17.7 Å². The molecule has 4 nitrogen and oxygen atoms in total.